The number of piperidine rings is 1. The Hall–Kier alpha value is -0.820. The maximum absolute atomic E-state index is 11.2. The van der Waals surface area contributed by atoms with Crippen LogP contribution in [0.3, 0.4) is 0 Å². The lowest BCUT2D eigenvalue weighted by Crippen LogP contribution is -2.47. The Morgan fingerprint density at radius 1 is 1.50 bits per heavy atom. The van der Waals surface area contributed by atoms with Crippen LogP contribution >= 0.6 is 0 Å². The van der Waals surface area contributed by atoms with Crippen LogP contribution in [0, 0.1) is 5.41 Å². The van der Waals surface area contributed by atoms with Gasteiger partial charge in [0, 0.05) is 19.1 Å². The summed E-state index contributed by atoms with van der Waals surface area (Å²) in [4.78, 5) is 0. The SMILES string of the molecule is CS(=O)(=O)N1CCC(NC(=N)N)CC1. The third-order valence-electron chi connectivity index (χ3n) is 2.28. The van der Waals surface area contributed by atoms with Gasteiger partial charge in [0.05, 0.1) is 6.26 Å². The molecule has 0 aromatic carbocycles. The van der Waals surface area contributed by atoms with E-state index in [0.717, 1.165) is 0 Å². The molecule has 0 aromatic rings. The molecule has 14 heavy (non-hydrogen) atoms. The zero-order chi connectivity index (χ0) is 10.8. The van der Waals surface area contributed by atoms with E-state index in [4.69, 9.17) is 11.1 Å². The molecule has 0 atom stereocenters. The predicted octanol–water partition coefficient (Wildman–Crippen LogP) is -1.11. The van der Waals surface area contributed by atoms with Gasteiger partial charge in [0.15, 0.2) is 5.96 Å². The van der Waals surface area contributed by atoms with Gasteiger partial charge in [0.1, 0.15) is 0 Å². The second-order valence-corrected chi connectivity index (χ2v) is 5.48. The van der Waals surface area contributed by atoms with E-state index < -0.39 is 10.0 Å². The van der Waals surface area contributed by atoms with Crippen molar-refractivity contribution in [2.75, 3.05) is 19.3 Å². The summed E-state index contributed by atoms with van der Waals surface area (Å²) in [5.41, 5.74) is 5.18. The average Bonchev–Trinajstić information content (AvgIpc) is 2.02. The standard InChI is InChI=1S/C7H16N4O2S/c1-14(12,13)11-4-2-6(3-5-11)10-7(8)9/h6H,2-5H2,1H3,(H4,8,9,10). The molecule has 0 bridgehead atoms. The zero-order valence-electron chi connectivity index (χ0n) is 8.16. The summed E-state index contributed by atoms with van der Waals surface area (Å²) in [7, 11) is -3.06. The first-order valence-corrected chi connectivity index (χ1v) is 6.30. The number of nitrogens with one attached hydrogen (secondary N) is 2. The van der Waals surface area contributed by atoms with Crippen molar-refractivity contribution in [1.29, 1.82) is 5.41 Å². The molecule has 1 fully saturated rings. The summed E-state index contributed by atoms with van der Waals surface area (Å²) < 4.78 is 23.8. The molecule has 1 saturated heterocycles. The van der Waals surface area contributed by atoms with Gasteiger partial charge in [-0.05, 0) is 12.8 Å². The molecule has 0 aromatic heterocycles. The molecule has 0 saturated carbocycles. The van der Waals surface area contributed by atoms with E-state index in [0.29, 0.717) is 25.9 Å². The van der Waals surface area contributed by atoms with Crippen LogP contribution in [0.2, 0.25) is 0 Å². The minimum atomic E-state index is -3.06. The van der Waals surface area contributed by atoms with Gasteiger partial charge >= 0.3 is 0 Å². The number of hydrogen-bond donors (Lipinski definition) is 3. The summed E-state index contributed by atoms with van der Waals surface area (Å²) in [6.07, 6.45) is 2.62. The first-order valence-electron chi connectivity index (χ1n) is 4.45. The van der Waals surface area contributed by atoms with E-state index in [-0.39, 0.29) is 12.0 Å². The molecule has 7 heteroatoms. The fourth-order valence-electron chi connectivity index (χ4n) is 1.55. The zero-order valence-corrected chi connectivity index (χ0v) is 8.97. The lowest BCUT2D eigenvalue weighted by atomic mass is 10.1. The Balaban J connectivity index is 2.43. The highest BCUT2D eigenvalue weighted by Gasteiger charge is 2.24. The smallest absolute Gasteiger partial charge is 0.211 e. The Morgan fingerprint density at radius 3 is 2.36 bits per heavy atom. The van der Waals surface area contributed by atoms with Crippen LogP contribution in [0.15, 0.2) is 0 Å². The molecule has 1 aliphatic rings. The first kappa shape index (κ1) is 11.3. The molecule has 1 aliphatic heterocycles. The molecule has 0 amide bonds. The van der Waals surface area contributed by atoms with Crippen LogP contribution in [0.5, 0.6) is 0 Å². The molecule has 0 radical (unpaired) electrons. The van der Waals surface area contributed by atoms with Crippen molar-refractivity contribution in [2.24, 2.45) is 5.73 Å². The van der Waals surface area contributed by atoms with Gasteiger partial charge in [-0.2, -0.15) is 0 Å². The van der Waals surface area contributed by atoms with E-state index in [1.165, 1.54) is 10.6 Å². The van der Waals surface area contributed by atoms with Crippen LogP contribution in [-0.2, 0) is 10.0 Å². The van der Waals surface area contributed by atoms with E-state index >= 15 is 0 Å². The van der Waals surface area contributed by atoms with E-state index in [1.54, 1.807) is 0 Å². The first-order chi connectivity index (χ1) is 6.39. The van der Waals surface area contributed by atoms with Gasteiger partial charge in [-0.15, -0.1) is 0 Å². The molecule has 4 N–H and O–H groups in total. The quantitative estimate of drug-likeness (QED) is 0.406. The van der Waals surface area contributed by atoms with E-state index in [1.807, 2.05) is 0 Å². The minimum absolute atomic E-state index is 0.0530. The second-order valence-electron chi connectivity index (χ2n) is 3.49. The van der Waals surface area contributed by atoms with Crippen molar-refractivity contribution in [3.05, 3.63) is 0 Å². The van der Waals surface area contributed by atoms with Crippen LogP contribution in [0.4, 0.5) is 0 Å². The fourth-order valence-corrected chi connectivity index (χ4v) is 2.43. The lowest BCUT2D eigenvalue weighted by molar-refractivity contribution is 0.308. The molecular formula is C7H16N4O2S. The number of hydrogen-bond acceptors (Lipinski definition) is 3. The van der Waals surface area contributed by atoms with Crippen molar-refractivity contribution in [3.63, 3.8) is 0 Å². The number of nitrogens with zero attached hydrogens (tertiary/aromatic N) is 1. The molecule has 0 spiro atoms. The van der Waals surface area contributed by atoms with Crippen molar-refractivity contribution in [2.45, 2.75) is 18.9 Å². The van der Waals surface area contributed by atoms with Crippen LogP contribution in [0.1, 0.15) is 12.8 Å². The molecule has 82 valence electrons. The second kappa shape index (κ2) is 4.14. The molecule has 0 unspecified atom stereocenters. The molecular weight excluding hydrogens is 204 g/mol. The highest BCUT2D eigenvalue weighted by molar-refractivity contribution is 7.88. The van der Waals surface area contributed by atoms with Crippen LogP contribution < -0.4 is 11.1 Å². The van der Waals surface area contributed by atoms with Gasteiger partial charge in [-0.25, -0.2) is 12.7 Å². The van der Waals surface area contributed by atoms with Crippen molar-refractivity contribution >= 4 is 16.0 Å². The maximum atomic E-state index is 11.2. The minimum Gasteiger partial charge on any atom is -0.370 e. The topological polar surface area (TPSA) is 99.3 Å². The lowest BCUT2D eigenvalue weighted by Gasteiger charge is -2.30. The highest BCUT2D eigenvalue weighted by Crippen LogP contribution is 2.12. The van der Waals surface area contributed by atoms with Crippen molar-refractivity contribution < 1.29 is 8.42 Å². The fraction of sp³-hybridized carbons (Fsp3) is 0.857. The van der Waals surface area contributed by atoms with Crippen molar-refractivity contribution in [3.8, 4) is 0 Å². The summed E-state index contributed by atoms with van der Waals surface area (Å²) >= 11 is 0. The summed E-state index contributed by atoms with van der Waals surface area (Å²) in [6, 6.07) is 0.130. The molecule has 6 nitrogen and oxygen atoms in total. The van der Waals surface area contributed by atoms with Gasteiger partial charge in [-0.1, -0.05) is 0 Å². The van der Waals surface area contributed by atoms with Crippen LogP contribution in [0.25, 0.3) is 0 Å². The summed E-state index contributed by atoms with van der Waals surface area (Å²) in [5.74, 6) is -0.0530. The van der Waals surface area contributed by atoms with E-state index in [2.05, 4.69) is 5.32 Å². The third-order valence-corrected chi connectivity index (χ3v) is 3.59. The molecule has 0 aliphatic carbocycles. The van der Waals surface area contributed by atoms with Gasteiger partial charge in [-0.3, -0.25) is 5.41 Å². The Bertz CT molecular complexity index is 306. The number of nitrogens with two attached hydrogens (primary N) is 1. The average molecular weight is 220 g/mol. The Kier molecular flexibility index (Phi) is 3.33. The molecule has 1 heterocycles. The van der Waals surface area contributed by atoms with Gasteiger partial charge in [0.2, 0.25) is 10.0 Å². The van der Waals surface area contributed by atoms with Crippen LogP contribution in [-0.4, -0.2) is 44.1 Å². The third kappa shape index (κ3) is 3.15. The van der Waals surface area contributed by atoms with Gasteiger partial charge in [0.25, 0.3) is 0 Å². The Labute approximate surface area is 84.0 Å². The number of rotatable bonds is 2. The monoisotopic (exact) mass is 220 g/mol. The predicted molar refractivity (Wildman–Crippen MR) is 54.5 cm³/mol. The van der Waals surface area contributed by atoms with Crippen molar-refractivity contribution in [1.82, 2.24) is 9.62 Å². The highest BCUT2D eigenvalue weighted by atomic mass is 32.2. The van der Waals surface area contributed by atoms with Gasteiger partial charge < -0.3 is 11.1 Å². The Morgan fingerprint density at radius 2 is 2.00 bits per heavy atom. The maximum Gasteiger partial charge on any atom is 0.211 e. The van der Waals surface area contributed by atoms with E-state index in [9.17, 15) is 8.42 Å². The summed E-state index contributed by atoms with van der Waals surface area (Å²) in [5, 5.41) is 9.83. The number of sulfonamides is 1. The molecule has 1 rings (SSSR count). The normalized spacial score (nSPS) is 20.6. The largest absolute Gasteiger partial charge is 0.370 e. The number of guanidine groups is 1. The summed E-state index contributed by atoms with van der Waals surface area (Å²) in [6.45, 7) is 1.01.